The van der Waals surface area contributed by atoms with Gasteiger partial charge in [0.1, 0.15) is 17.3 Å². The second-order valence-corrected chi connectivity index (χ2v) is 6.65. The highest BCUT2D eigenvalue weighted by molar-refractivity contribution is 5.97. The van der Waals surface area contributed by atoms with E-state index in [4.69, 9.17) is 9.47 Å². The van der Waals surface area contributed by atoms with Crippen molar-refractivity contribution >= 4 is 17.5 Å². The number of rotatable bonds is 5. The maximum Gasteiger partial charge on any atom is 0.253 e. The third kappa shape index (κ3) is 4.42. The highest BCUT2D eigenvalue weighted by Gasteiger charge is 2.29. The molecule has 0 aliphatic carbocycles. The monoisotopic (exact) mass is 386 g/mol. The molecule has 6 nitrogen and oxygen atoms in total. The standard InChI is InChI=1S/C21H23FN2O4/c1-27-17-9-10-19(28-2)18(12-17)23-20(25)15-4-3-11-24(13-15)21(26)14-5-7-16(22)8-6-14/h5-10,12,15H,3-4,11,13H2,1-2H3,(H,23,25)/t15-/m0/s1. The molecule has 1 aliphatic heterocycles. The van der Waals surface area contributed by atoms with Crippen LogP contribution in [0.5, 0.6) is 11.5 Å². The van der Waals surface area contributed by atoms with Gasteiger partial charge in [-0.15, -0.1) is 0 Å². The van der Waals surface area contributed by atoms with Crippen molar-refractivity contribution in [2.45, 2.75) is 12.8 Å². The molecule has 1 N–H and O–H groups in total. The van der Waals surface area contributed by atoms with Gasteiger partial charge in [-0.05, 0) is 49.2 Å². The number of amides is 2. The lowest BCUT2D eigenvalue weighted by molar-refractivity contribution is -0.121. The summed E-state index contributed by atoms with van der Waals surface area (Å²) >= 11 is 0. The van der Waals surface area contributed by atoms with Crippen LogP contribution < -0.4 is 14.8 Å². The predicted octanol–water partition coefficient (Wildman–Crippen LogP) is 3.33. The summed E-state index contributed by atoms with van der Waals surface area (Å²) in [6.45, 7) is 0.886. The van der Waals surface area contributed by atoms with E-state index >= 15 is 0 Å². The summed E-state index contributed by atoms with van der Waals surface area (Å²) in [6.07, 6.45) is 1.41. The Morgan fingerprint density at radius 1 is 1.11 bits per heavy atom. The number of carbonyl (C=O) groups is 2. The molecule has 2 amide bonds. The molecule has 3 rings (SSSR count). The number of benzene rings is 2. The van der Waals surface area contributed by atoms with Crippen molar-refractivity contribution in [1.82, 2.24) is 4.90 Å². The lowest BCUT2D eigenvalue weighted by Gasteiger charge is -2.32. The Kier molecular flexibility index (Phi) is 6.13. The van der Waals surface area contributed by atoms with Crippen molar-refractivity contribution in [3.8, 4) is 11.5 Å². The fourth-order valence-electron chi connectivity index (χ4n) is 3.30. The van der Waals surface area contributed by atoms with E-state index in [0.717, 1.165) is 6.42 Å². The van der Waals surface area contributed by atoms with Crippen molar-refractivity contribution in [3.05, 3.63) is 53.8 Å². The van der Waals surface area contributed by atoms with Crippen molar-refractivity contribution in [1.29, 1.82) is 0 Å². The maximum atomic E-state index is 13.1. The number of likely N-dealkylation sites (tertiary alicyclic amines) is 1. The Hall–Kier alpha value is -3.09. The molecular weight excluding hydrogens is 363 g/mol. The van der Waals surface area contributed by atoms with Crippen LogP contribution in [0.15, 0.2) is 42.5 Å². The van der Waals surface area contributed by atoms with E-state index in [1.54, 1.807) is 30.2 Å². The van der Waals surface area contributed by atoms with Crippen LogP contribution in [0.3, 0.4) is 0 Å². The van der Waals surface area contributed by atoms with E-state index in [9.17, 15) is 14.0 Å². The molecule has 148 valence electrons. The van der Waals surface area contributed by atoms with Crippen LogP contribution in [0.2, 0.25) is 0 Å². The van der Waals surface area contributed by atoms with Crippen molar-refractivity contribution in [2.24, 2.45) is 5.92 Å². The lowest BCUT2D eigenvalue weighted by Crippen LogP contribution is -2.43. The second-order valence-electron chi connectivity index (χ2n) is 6.65. The van der Waals surface area contributed by atoms with Crippen molar-refractivity contribution < 1.29 is 23.5 Å². The number of nitrogens with one attached hydrogen (secondary N) is 1. The summed E-state index contributed by atoms with van der Waals surface area (Å²) in [5.41, 5.74) is 0.936. The highest BCUT2D eigenvalue weighted by Crippen LogP contribution is 2.30. The Morgan fingerprint density at radius 2 is 1.86 bits per heavy atom. The Bertz CT molecular complexity index is 854. The molecule has 7 heteroatoms. The van der Waals surface area contributed by atoms with Gasteiger partial charge >= 0.3 is 0 Å². The van der Waals surface area contributed by atoms with Gasteiger partial charge in [-0.1, -0.05) is 0 Å². The minimum atomic E-state index is -0.389. The molecule has 1 fully saturated rings. The van der Waals surface area contributed by atoms with Crippen LogP contribution in [0.25, 0.3) is 0 Å². The van der Waals surface area contributed by atoms with Gasteiger partial charge in [-0.3, -0.25) is 9.59 Å². The number of methoxy groups -OCH3 is 2. The number of halogens is 1. The summed E-state index contributed by atoms with van der Waals surface area (Å²) in [6, 6.07) is 10.6. The van der Waals surface area contributed by atoms with Crippen LogP contribution in [0.1, 0.15) is 23.2 Å². The van der Waals surface area contributed by atoms with Crippen LogP contribution in [-0.4, -0.2) is 44.0 Å². The van der Waals surface area contributed by atoms with Gasteiger partial charge in [0.25, 0.3) is 5.91 Å². The van der Waals surface area contributed by atoms with Gasteiger partial charge in [0, 0.05) is 24.7 Å². The van der Waals surface area contributed by atoms with Crippen LogP contribution >= 0.6 is 0 Å². The predicted molar refractivity (Wildman–Crippen MR) is 103 cm³/mol. The number of hydrogen-bond donors (Lipinski definition) is 1. The average Bonchev–Trinajstić information content (AvgIpc) is 2.73. The molecular formula is C21H23FN2O4. The molecule has 0 saturated carbocycles. The van der Waals surface area contributed by atoms with E-state index in [1.165, 1.54) is 31.4 Å². The van der Waals surface area contributed by atoms with Crippen molar-refractivity contribution in [3.63, 3.8) is 0 Å². The first-order valence-electron chi connectivity index (χ1n) is 9.09. The van der Waals surface area contributed by atoms with Gasteiger partial charge in [-0.25, -0.2) is 4.39 Å². The first-order chi connectivity index (χ1) is 13.5. The van der Waals surface area contributed by atoms with Gasteiger partial charge in [0.05, 0.1) is 25.8 Å². The molecule has 0 aromatic heterocycles. The first-order valence-corrected chi connectivity index (χ1v) is 9.09. The molecule has 28 heavy (non-hydrogen) atoms. The Balaban J connectivity index is 1.69. The summed E-state index contributed by atoms with van der Waals surface area (Å²) in [4.78, 5) is 27.1. The fraction of sp³-hybridized carbons (Fsp3) is 0.333. The fourth-order valence-corrected chi connectivity index (χ4v) is 3.30. The molecule has 0 unspecified atom stereocenters. The molecule has 0 radical (unpaired) electrons. The number of carbonyl (C=O) groups excluding carboxylic acids is 2. The van der Waals surface area contributed by atoms with Gasteiger partial charge in [-0.2, -0.15) is 0 Å². The number of nitrogens with zero attached hydrogens (tertiary/aromatic N) is 1. The summed E-state index contributed by atoms with van der Waals surface area (Å²) < 4.78 is 23.6. The summed E-state index contributed by atoms with van der Waals surface area (Å²) in [7, 11) is 3.08. The molecule has 1 saturated heterocycles. The van der Waals surface area contributed by atoms with E-state index in [1.807, 2.05) is 0 Å². The second kappa shape index (κ2) is 8.73. The van der Waals surface area contributed by atoms with E-state index < -0.39 is 0 Å². The lowest BCUT2D eigenvalue weighted by atomic mass is 9.96. The van der Waals surface area contributed by atoms with E-state index in [2.05, 4.69) is 5.32 Å². The molecule has 0 spiro atoms. The zero-order valence-corrected chi connectivity index (χ0v) is 15.9. The molecule has 0 bridgehead atoms. The topological polar surface area (TPSA) is 67.9 Å². The Morgan fingerprint density at radius 3 is 2.54 bits per heavy atom. The van der Waals surface area contributed by atoms with Gasteiger partial charge in [0.15, 0.2) is 0 Å². The van der Waals surface area contributed by atoms with Gasteiger partial charge in [0.2, 0.25) is 5.91 Å². The molecule has 1 heterocycles. The van der Waals surface area contributed by atoms with Crippen molar-refractivity contribution in [2.75, 3.05) is 32.6 Å². The van der Waals surface area contributed by atoms with Crippen LogP contribution in [0, 0.1) is 11.7 Å². The van der Waals surface area contributed by atoms with E-state index in [0.29, 0.717) is 42.3 Å². The number of piperidine rings is 1. The molecule has 1 atom stereocenters. The minimum Gasteiger partial charge on any atom is -0.497 e. The zero-order chi connectivity index (χ0) is 20.1. The quantitative estimate of drug-likeness (QED) is 0.856. The summed E-state index contributed by atoms with van der Waals surface area (Å²) in [5, 5.41) is 2.88. The SMILES string of the molecule is COc1ccc(OC)c(NC(=O)[C@H]2CCCN(C(=O)c3ccc(F)cc3)C2)c1. The highest BCUT2D eigenvalue weighted by atomic mass is 19.1. The summed E-state index contributed by atoms with van der Waals surface area (Å²) in [5.74, 6) is 0.0328. The average molecular weight is 386 g/mol. The number of hydrogen-bond acceptors (Lipinski definition) is 4. The Labute approximate surface area is 163 Å². The third-order valence-corrected chi connectivity index (χ3v) is 4.84. The first kappa shape index (κ1) is 19.7. The number of ether oxygens (including phenoxy) is 2. The van der Waals surface area contributed by atoms with E-state index in [-0.39, 0.29) is 23.5 Å². The van der Waals surface area contributed by atoms with Gasteiger partial charge < -0.3 is 19.7 Å². The largest absolute Gasteiger partial charge is 0.497 e. The van der Waals surface area contributed by atoms with Crippen LogP contribution in [0.4, 0.5) is 10.1 Å². The normalized spacial score (nSPS) is 16.4. The smallest absolute Gasteiger partial charge is 0.253 e. The zero-order valence-electron chi connectivity index (χ0n) is 15.9. The molecule has 2 aromatic rings. The number of anilines is 1. The minimum absolute atomic E-state index is 0.178. The molecule has 2 aromatic carbocycles. The maximum absolute atomic E-state index is 13.1. The molecule has 1 aliphatic rings. The van der Waals surface area contributed by atoms with Crippen LogP contribution in [-0.2, 0) is 4.79 Å². The third-order valence-electron chi connectivity index (χ3n) is 4.84.